The molecule has 61 valence electrons. The van der Waals surface area contributed by atoms with E-state index in [1.54, 1.807) is 0 Å². The van der Waals surface area contributed by atoms with Crippen LogP contribution in [0.15, 0.2) is 0 Å². The van der Waals surface area contributed by atoms with Gasteiger partial charge in [0.05, 0.1) is 0 Å². The summed E-state index contributed by atoms with van der Waals surface area (Å²) in [5.41, 5.74) is 0. The van der Waals surface area contributed by atoms with E-state index >= 15 is 0 Å². The SMILES string of the molecule is N.O=C1CCCCCN1.[Mg+2][Cl]. The Bertz CT molecular complexity index is 92.6. The highest BCUT2D eigenvalue weighted by Crippen LogP contribution is 2.02. The Hall–Kier alpha value is 0.486. The molecular weight excluding hydrogens is 176 g/mol. The van der Waals surface area contributed by atoms with Crippen LogP contribution in [0, 0.1) is 0 Å². The van der Waals surface area contributed by atoms with Gasteiger partial charge in [-0.05, 0) is 12.8 Å². The summed E-state index contributed by atoms with van der Waals surface area (Å²) < 4.78 is 0. The lowest BCUT2D eigenvalue weighted by Gasteiger charge is -1.93. The molecule has 0 unspecified atom stereocenters. The normalized spacial score (nSPS) is 16.4. The molecule has 1 aliphatic heterocycles. The van der Waals surface area contributed by atoms with Crippen LogP contribution in [0.2, 0.25) is 0 Å². The molecule has 4 N–H and O–H groups in total. The minimum Gasteiger partial charge on any atom is -0.356 e. The summed E-state index contributed by atoms with van der Waals surface area (Å²) in [6.07, 6.45) is 4.18. The molecule has 11 heavy (non-hydrogen) atoms. The van der Waals surface area contributed by atoms with Gasteiger partial charge in [-0.15, -0.1) is 0 Å². The fraction of sp³-hybridized carbons (Fsp3) is 0.833. The monoisotopic (exact) mass is 189 g/mol. The molecule has 1 amide bonds. The molecule has 1 rings (SSSR count). The van der Waals surface area contributed by atoms with Crippen LogP contribution in [0.3, 0.4) is 0 Å². The second-order valence-electron chi connectivity index (χ2n) is 2.16. The van der Waals surface area contributed by atoms with Gasteiger partial charge in [0.2, 0.25) is 5.91 Å². The zero-order chi connectivity index (χ0) is 7.82. The standard InChI is InChI=1S/C6H11NO.ClH.Mg.H3N/c8-6-4-2-1-3-5-7-6;;;/h1-5H2,(H,7,8);1H;;1H3/q;;+3;/p-1. The van der Waals surface area contributed by atoms with Crippen molar-refractivity contribution >= 4 is 35.6 Å². The topological polar surface area (TPSA) is 64.1 Å². The Kier molecular flexibility index (Phi) is 13.4. The molecule has 1 heterocycles. The van der Waals surface area contributed by atoms with Crippen molar-refractivity contribution in [3.8, 4) is 0 Å². The van der Waals surface area contributed by atoms with Gasteiger partial charge in [-0.3, -0.25) is 4.79 Å². The first-order valence-electron chi connectivity index (χ1n) is 3.43. The molecule has 0 spiro atoms. The summed E-state index contributed by atoms with van der Waals surface area (Å²) in [4.78, 5) is 10.6. The number of amides is 1. The van der Waals surface area contributed by atoms with E-state index in [4.69, 9.17) is 0 Å². The fourth-order valence-corrected chi connectivity index (χ4v) is 0.904. The Morgan fingerprint density at radius 3 is 2.55 bits per heavy atom. The Morgan fingerprint density at radius 2 is 1.91 bits per heavy atom. The molecular formula is C6H14ClMgN2O+2. The van der Waals surface area contributed by atoms with Gasteiger partial charge in [-0.1, -0.05) is 6.42 Å². The predicted octanol–water partition coefficient (Wildman–Crippen LogP) is 1.15. The molecule has 7 radical (unpaired) electrons. The first kappa shape index (κ1) is 14.0. The average Bonchev–Trinajstić information content (AvgIpc) is 2.21. The Labute approximate surface area is 84.0 Å². The van der Waals surface area contributed by atoms with Crippen molar-refractivity contribution in [2.45, 2.75) is 25.7 Å². The minimum atomic E-state index is 0. The summed E-state index contributed by atoms with van der Waals surface area (Å²) in [6, 6.07) is 0. The quantitative estimate of drug-likeness (QED) is 0.562. The highest BCUT2D eigenvalue weighted by Gasteiger charge is 2.16. The van der Waals surface area contributed by atoms with Crippen LogP contribution in [-0.4, -0.2) is 33.1 Å². The first-order valence-corrected chi connectivity index (χ1v) is 5.57. The molecule has 0 aromatic carbocycles. The average molecular weight is 190 g/mol. The molecule has 1 aliphatic rings. The number of carbonyl (C=O) groups excluding carboxylic acids is 1. The highest BCUT2D eigenvalue weighted by atomic mass is 35.5. The van der Waals surface area contributed by atoms with Crippen LogP contribution in [-0.2, 0) is 4.79 Å². The highest BCUT2D eigenvalue weighted by molar-refractivity contribution is 6.80. The van der Waals surface area contributed by atoms with Gasteiger partial charge in [-0.2, -0.15) is 0 Å². The summed E-state index contributed by atoms with van der Waals surface area (Å²) in [6.45, 7) is 0.888. The van der Waals surface area contributed by atoms with E-state index in [9.17, 15) is 4.79 Å². The molecule has 0 bridgehead atoms. The number of rotatable bonds is 0. The third-order valence-electron chi connectivity index (χ3n) is 1.40. The van der Waals surface area contributed by atoms with Crippen LogP contribution < -0.4 is 11.5 Å². The number of hydrogen-bond donors (Lipinski definition) is 2. The second-order valence-corrected chi connectivity index (χ2v) is 2.16. The van der Waals surface area contributed by atoms with Crippen LogP contribution in [0.5, 0.6) is 0 Å². The first-order chi connectivity index (χ1) is 4.89. The van der Waals surface area contributed by atoms with E-state index in [-0.39, 0.29) is 12.1 Å². The van der Waals surface area contributed by atoms with Gasteiger partial charge in [-0.25, -0.2) is 0 Å². The van der Waals surface area contributed by atoms with Crippen molar-refractivity contribution in [2.75, 3.05) is 6.54 Å². The Balaban J connectivity index is 0. The lowest BCUT2D eigenvalue weighted by atomic mass is 10.2. The molecule has 3 nitrogen and oxygen atoms in total. The van der Waals surface area contributed by atoms with Gasteiger partial charge in [0, 0.05) is 13.0 Å². The molecule has 1 saturated heterocycles. The van der Waals surface area contributed by atoms with Gasteiger partial charge in [0.25, 0.3) is 0 Å². The number of hydrogen-bond acceptors (Lipinski definition) is 2. The molecule has 0 saturated carbocycles. The lowest BCUT2D eigenvalue weighted by molar-refractivity contribution is -0.120. The maximum absolute atomic E-state index is 10.6. The summed E-state index contributed by atoms with van der Waals surface area (Å²) in [5.74, 6) is 0.225. The minimum absolute atomic E-state index is 0. The van der Waals surface area contributed by atoms with Gasteiger partial charge < -0.3 is 11.5 Å². The Morgan fingerprint density at radius 1 is 1.27 bits per heavy atom. The maximum Gasteiger partial charge on any atom is 1.59 e. The van der Waals surface area contributed by atoms with Crippen molar-refractivity contribution in [3.05, 3.63) is 0 Å². The van der Waals surface area contributed by atoms with Gasteiger partial charge in [0.1, 0.15) is 0 Å². The second kappa shape index (κ2) is 10.5. The van der Waals surface area contributed by atoms with E-state index in [1.807, 2.05) is 0 Å². The van der Waals surface area contributed by atoms with Crippen LogP contribution in [0.25, 0.3) is 0 Å². The van der Waals surface area contributed by atoms with E-state index in [1.165, 1.54) is 27.0 Å². The largest absolute Gasteiger partial charge is 1.59 e. The third-order valence-corrected chi connectivity index (χ3v) is 1.40. The van der Waals surface area contributed by atoms with Gasteiger partial charge >= 0.3 is 29.7 Å². The summed E-state index contributed by atoms with van der Waals surface area (Å²) in [5, 5.41) is 2.81. The molecule has 0 atom stereocenters. The number of carbonyl (C=O) groups is 1. The zero-order valence-corrected chi connectivity index (χ0v) is 8.91. The molecule has 0 aromatic heterocycles. The fourth-order valence-electron chi connectivity index (χ4n) is 0.904. The van der Waals surface area contributed by atoms with E-state index in [2.05, 4.69) is 14.4 Å². The predicted molar refractivity (Wildman–Crippen MR) is 48.1 cm³/mol. The van der Waals surface area contributed by atoms with E-state index in [0.29, 0.717) is 0 Å². The number of nitrogens with one attached hydrogen (secondary N) is 1. The lowest BCUT2D eigenvalue weighted by Crippen LogP contribution is -2.21. The molecule has 0 aliphatic carbocycles. The zero-order valence-electron chi connectivity index (χ0n) is 6.74. The van der Waals surface area contributed by atoms with Crippen LogP contribution in [0.1, 0.15) is 25.7 Å². The molecule has 0 aromatic rings. The van der Waals surface area contributed by atoms with Crippen molar-refractivity contribution < 1.29 is 4.79 Å². The van der Waals surface area contributed by atoms with Crippen LogP contribution >= 0.6 is 9.07 Å². The summed E-state index contributed by atoms with van der Waals surface area (Å²) >= 11 is 1.33. The molecule has 1 fully saturated rings. The number of halogens is 1. The van der Waals surface area contributed by atoms with Crippen LogP contribution in [0.4, 0.5) is 0 Å². The summed E-state index contributed by atoms with van der Waals surface area (Å²) in [7, 11) is 4.67. The van der Waals surface area contributed by atoms with E-state index < -0.39 is 0 Å². The molecule has 5 heteroatoms. The smallest absolute Gasteiger partial charge is 0.356 e. The maximum atomic E-state index is 10.6. The third kappa shape index (κ3) is 8.39. The van der Waals surface area contributed by atoms with Crippen molar-refractivity contribution in [1.29, 1.82) is 0 Å². The van der Waals surface area contributed by atoms with Gasteiger partial charge in [0.15, 0.2) is 0 Å². The van der Waals surface area contributed by atoms with Crippen molar-refractivity contribution in [3.63, 3.8) is 0 Å². The van der Waals surface area contributed by atoms with E-state index in [0.717, 1.165) is 25.8 Å². The van der Waals surface area contributed by atoms with Crippen molar-refractivity contribution in [2.24, 2.45) is 0 Å². The van der Waals surface area contributed by atoms with Crippen molar-refractivity contribution in [1.82, 2.24) is 11.5 Å².